The molecule has 2 nitrogen and oxygen atoms in total. The number of methoxy groups -OCH3 is 1. The van der Waals surface area contributed by atoms with Gasteiger partial charge in [0.15, 0.2) is 0 Å². The van der Waals surface area contributed by atoms with Gasteiger partial charge in [-0.25, -0.2) is 0 Å². The van der Waals surface area contributed by atoms with E-state index >= 15 is 0 Å². The monoisotopic (exact) mass is 337 g/mol. The molecule has 1 aliphatic carbocycles. The van der Waals surface area contributed by atoms with E-state index in [0.29, 0.717) is 6.04 Å². The summed E-state index contributed by atoms with van der Waals surface area (Å²) in [5.74, 6) is 1.06. The van der Waals surface area contributed by atoms with Crippen molar-refractivity contribution in [2.45, 2.75) is 57.4 Å². The van der Waals surface area contributed by atoms with E-state index in [9.17, 15) is 0 Å². The third-order valence-electron chi connectivity index (χ3n) is 4.71. The molecule has 0 saturated carbocycles. The highest BCUT2D eigenvalue weighted by Crippen LogP contribution is 2.42. The first-order valence-electron chi connectivity index (χ1n) is 7.92. The van der Waals surface area contributed by atoms with Crippen molar-refractivity contribution in [1.82, 2.24) is 5.32 Å². The summed E-state index contributed by atoms with van der Waals surface area (Å²) in [6, 6.07) is 2.77. The fourth-order valence-electron chi connectivity index (χ4n) is 3.73. The largest absolute Gasteiger partial charge is 0.495 e. The smallest absolute Gasteiger partial charge is 0.138 e. The first-order valence-corrected chi connectivity index (χ1v) is 8.72. The molecular weight excluding hydrogens is 314 g/mol. The van der Waals surface area contributed by atoms with Crippen LogP contribution in [0.4, 0.5) is 0 Å². The summed E-state index contributed by atoms with van der Waals surface area (Å²) in [5.41, 5.74) is 4.55. The molecule has 0 aromatic heterocycles. The van der Waals surface area contributed by atoms with Crippen LogP contribution in [0.25, 0.3) is 0 Å². The molecule has 1 fully saturated rings. The van der Waals surface area contributed by atoms with Gasteiger partial charge in [-0.2, -0.15) is 0 Å². The molecule has 1 aromatic carbocycles. The molecule has 0 bridgehead atoms. The van der Waals surface area contributed by atoms with E-state index in [2.05, 4.69) is 27.3 Å². The first-order chi connectivity index (χ1) is 9.81. The number of ether oxygens (including phenoxy) is 1. The lowest BCUT2D eigenvalue weighted by Gasteiger charge is -2.29. The fourth-order valence-corrected chi connectivity index (χ4v) is 4.38. The SMILES string of the molecule is COc1c(Br)cc2c(c1C1CCCCN1)CCCCC2. The number of fused-ring (bicyclic) bond motifs is 1. The Morgan fingerprint density at radius 2 is 2.00 bits per heavy atom. The summed E-state index contributed by atoms with van der Waals surface area (Å²) in [6.07, 6.45) is 10.3. The molecule has 3 heteroatoms. The summed E-state index contributed by atoms with van der Waals surface area (Å²) in [7, 11) is 1.80. The normalized spacial score (nSPS) is 23.0. The minimum Gasteiger partial charge on any atom is -0.495 e. The van der Waals surface area contributed by atoms with Gasteiger partial charge < -0.3 is 10.1 Å². The van der Waals surface area contributed by atoms with Gasteiger partial charge in [-0.05, 0) is 78.2 Å². The van der Waals surface area contributed by atoms with E-state index in [4.69, 9.17) is 4.74 Å². The maximum atomic E-state index is 5.75. The van der Waals surface area contributed by atoms with Crippen molar-refractivity contribution in [3.63, 3.8) is 0 Å². The van der Waals surface area contributed by atoms with Crippen molar-refractivity contribution in [2.75, 3.05) is 13.7 Å². The van der Waals surface area contributed by atoms with Gasteiger partial charge in [0, 0.05) is 11.6 Å². The highest BCUT2D eigenvalue weighted by molar-refractivity contribution is 9.10. The average molecular weight is 338 g/mol. The van der Waals surface area contributed by atoms with E-state index < -0.39 is 0 Å². The van der Waals surface area contributed by atoms with Gasteiger partial charge in [-0.3, -0.25) is 0 Å². The Balaban J connectivity index is 2.09. The Hall–Kier alpha value is -0.540. The van der Waals surface area contributed by atoms with Crippen molar-refractivity contribution in [2.24, 2.45) is 0 Å². The van der Waals surface area contributed by atoms with E-state index in [1.54, 1.807) is 12.7 Å². The number of hydrogen-bond acceptors (Lipinski definition) is 2. The third-order valence-corrected chi connectivity index (χ3v) is 5.30. The molecule has 1 saturated heterocycles. The number of hydrogen-bond donors (Lipinski definition) is 1. The van der Waals surface area contributed by atoms with E-state index in [1.165, 1.54) is 62.5 Å². The molecule has 0 amide bonds. The summed E-state index contributed by atoms with van der Waals surface area (Å²) in [6.45, 7) is 1.13. The van der Waals surface area contributed by atoms with E-state index in [-0.39, 0.29) is 0 Å². The number of piperidine rings is 1. The molecule has 1 aliphatic heterocycles. The quantitative estimate of drug-likeness (QED) is 0.800. The van der Waals surface area contributed by atoms with Gasteiger partial charge in [-0.1, -0.05) is 12.8 Å². The molecule has 1 heterocycles. The van der Waals surface area contributed by atoms with Crippen molar-refractivity contribution in [3.05, 3.63) is 27.2 Å². The van der Waals surface area contributed by atoms with Crippen LogP contribution in [0.1, 0.15) is 61.3 Å². The van der Waals surface area contributed by atoms with Crippen LogP contribution in [0, 0.1) is 0 Å². The number of halogens is 1. The maximum absolute atomic E-state index is 5.75. The lowest BCUT2D eigenvalue weighted by atomic mass is 9.88. The summed E-state index contributed by atoms with van der Waals surface area (Å²) in [5, 5.41) is 3.71. The molecule has 1 atom stereocenters. The second-order valence-electron chi connectivity index (χ2n) is 6.01. The van der Waals surface area contributed by atoms with Crippen LogP contribution in [-0.4, -0.2) is 13.7 Å². The molecular formula is C17H24BrNO. The zero-order valence-corrected chi connectivity index (χ0v) is 13.9. The Morgan fingerprint density at radius 3 is 2.75 bits per heavy atom. The minimum absolute atomic E-state index is 0.475. The van der Waals surface area contributed by atoms with Crippen LogP contribution in [0.15, 0.2) is 10.5 Å². The molecule has 0 spiro atoms. The van der Waals surface area contributed by atoms with E-state index in [1.807, 2.05) is 0 Å². The molecule has 3 rings (SSSR count). The lowest BCUT2D eigenvalue weighted by Crippen LogP contribution is -2.28. The second kappa shape index (κ2) is 6.48. The zero-order chi connectivity index (χ0) is 13.9. The molecule has 2 aliphatic rings. The molecule has 1 unspecified atom stereocenters. The van der Waals surface area contributed by atoms with E-state index in [0.717, 1.165) is 16.8 Å². The standard InChI is InChI=1S/C17H24BrNO/c1-20-17-14(18)11-12-7-3-2-4-8-13(12)16(17)15-9-5-6-10-19-15/h11,15,19H,2-10H2,1H3. The van der Waals surface area contributed by atoms with Crippen LogP contribution in [0.5, 0.6) is 5.75 Å². The second-order valence-corrected chi connectivity index (χ2v) is 6.86. The predicted octanol–water partition coefficient (Wildman–Crippen LogP) is 4.54. The number of rotatable bonds is 2. The number of benzene rings is 1. The zero-order valence-electron chi connectivity index (χ0n) is 12.3. The van der Waals surface area contributed by atoms with Crippen molar-refractivity contribution in [1.29, 1.82) is 0 Å². The topological polar surface area (TPSA) is 21.3 Å². The summed E-state index contributed by atoms with van der Waals surface area (Å²) >= 11 is 3.73. The van der Waals surface area contributed by atoms with Gasteiger partial charge in [0.25, 0.3) is 0 Å². The Morgan fingerprint density at radius 1 is 1.15 bits per heavy atom. The number of nitrogens with one attached hydrogen (secondary N) is 1. The van der Waals surface area contributed by atoms with Crippen LogP contribution < -0.4 is 10.1 Å². The maximum Gasteiger partial charge on any atom is 0.138 e. The molecule has 110 valence electrons. The molecule has 1 N–H and O–H groups in total. The van der Waals surface area contributed by atoms with Gasteiger partial charge in [0.05, 0.1) is 11.6 Å². The average Bonchev–Trinajstić information content (AvgIpc) is 2.71. The van der Waals surface area contributed by atoms with Gasteiger partial charge in [-0.15, -0.1) is 0 Å². The van der Waals surface area contributed by atoms with Crippen molar-refractivity contribution < 1.29 is 4.74 Å². The highest BCUT2D eigenvalue weighted by Gasteiger charge is 2.26. The minimum atomic E-state index is 0.475. The van der Waals surface area contributed by atoms with Gasteiger partial charge in [0.2, 0.25) is 0 Å². The van der Waals surface area contributed by atoms with Crippen molar-refractivity contribution in [3.8, 4) is 5.75 Å². The Labute approximate surface area is 130 Å². The van der Waals surface area contributed by atoms with Crippen LogP contribution >= 0.6 is 15.9 Å². The first kappa shape index (κ1) is 14.4. The fraction of sp³-hybridized carbons (Fsp3) is 0.647. The third kappa shape index (κ3) is 2.75. The predicted molar refractivity (Wildman–Crippen MR) is 86.5 cm³/mol. The van der Waals surface area contributed by atoms with Crippen LogP contribution in [0.3, 0.4) is 0 Å². The molecule has 0 radical (unpaired) electrons. The highest BCUT2D eigenvalue weighted by atomic mass is 79.9. The molecule has 20 heavy (non-hydrogen) atoms. The Bertz CT molecular complexity index is 480. The van der Waals surface area contributed by atoms with Crippen LogP contribution in [-0.2, 0) is 12.8 Å². The van der Waals surface area contributed by atoms with Gasteiger partial charge >= 0.3 is 0 Å². The summed E-state index contributed by atoms with van der Waals surface area (Å²) < 4.78 is 6.88. The summed E-state index contributed by atoms with van der Waals surface area (Å²) in [4.78, 5) is 0. The number of aryl methyl sites for hydroxylation is 1. The van der Waals surface area contributed by atoms with Crippen molar-refractivity contribution >= 4 is 15.9 Å². The van der Waals surface area contributed by atoms with Crippen LogP contribution in [0.2, 0.25) is 0 Å². The van der Waals surface area contributed by atoms with Gasteiger partial charge in [0.1, 0.15) is 5.75 Å². The lowest BCUT2D eigenvalue weighted by molar-refractivity contribution is 0.369. The molecule has 1 aromatic rings. The Kier molecular flexibility index (Phi) is 4.67.